The minimum absolute atomic E-state index is 0.261. The first-order valence-corrected chi connectivity index (χ1v) is 6.41. The number of rotatable bonds is 1. The van der Waals surface area contributed by atoms with Crippen LogP contribution in [-0.2, 0) is 4.79 Å². The van der Waals surface area contributed by atoms with Crippen molar-refractivity contribution in [3.05, 3.63) is 39.5 Å². The Labute approximate surface area is 127 Å². The van der Waals surface area contributed by atoms with Gasteiger partial charge in [-0.3, -0.25) is 14.9 Å². The molecule has 19 heavy (non-hydrogen) atoms. The molecular weight excluding hydrogens is 336 g/mol. The smallest absolute Gasteiger partial charge is 0.278 e. The van der Waals surface area contributed by atoms with E-state index in [1.807, 2.05) is 0 Å². The van der Waals surface area contributed by atoms with Gasteiger partial charge in [0, 0.05) is 0 Å². The first kappa shape index (κ1) is 14.5. The summed E-state index contributed by atoms with van der Waals surface area (Å²) >= 11 is 22.0. The van der Waals surface area contributed by atoms with Gasteiger partial charge in [-0.1, -0.05) is 58.5 Å². The highest BCUT2D eigenvalue weighted by Crippen LogP contribution is 2.30. The number of carbonyl (C=O) groups excluding carboxylic acids is 1. The van der Waals surface area contributed by atoms with Crippen LogP contribution in [0.1, 0.15) is 0 Å². The summed E-state index contributed by atoms with van der Waals surface area (Å²) in [4.78, 5) is 23.4. The van der Waals surface area contributed by atoms with Gasteiger partial charge in [0.1, 0.15) is 10.6 Å². The van der Waals surface area contributed by atoms with Crippen LogP contribution in [-0.4, -0.2) is 9.70 Å². The van der Waals surface area contributed by atoms with E-state index in [1.165, 1.54) is 0 Å². The minimum atomic E-state index is -2.19. The van der Waals surface area contributed by atoms with Crippen LogP contribution in [0.3, 0.4) is 0 Å². The summed E-state index contributed by atoms with van der Waals surface area (Å²) in [6.07, 6.45) is 0. The molecular formula is C11H5Cl4NO3. The molecule has 4 nitrogen and oxygen atoms in total. The summed E-state index contributed by atoms with van der Waals surface area (Å²) in [7, 11) is 0. The average molecular weight is 341 g/mol. The van der Waals surface area contributed by atoms with Crippen molar-refractivity contribution in [3.63, 3.8) is 0 Å². The van der Waals surface area contributed by atoms with Crippen LogP contribution in [0.4, 0.5) is 5.88 Å². The number of para-hydroxylation sites is 1. The molecule has 0 unspecified atom stereocenters. The molecule has 0 aliphatic carbocycles. The number of benzene rings is 1. The van der Waals surface area contributed by atoms with Crippen molar-refractivity contribution >= 4 is 69.2 Å². The second-order valence-corrected chi connectivity index (χ2v) is 6.18. The number of carbonyl (C=O) groups is 1. The molecule has 1 heterocycles. The van der Waals surface area contributed by atoms with Gasteiger partial charge in [0.25, 0.3) is 9.70 Å². The Hall–Kier alpha value is -0.940. The van der Waals surface area contributed by atoms with Crippen molar-refractivity contribution in [2.45, 2.75) is 3.79 Å². The lowest BCUT2D eigenvalue weighted by Gasteiger charge is -2.11. The summed E-state index contributed by atoms with van der Waals surface area (Å²) in [6, 6.07) is 6.43. The van der Waals surface area contributed by atoms with E-state index in [0.29, 0.717) is 5.39 Å². The van der Waals surface area contributed by atoms with E-state index >= 15 is 0 Å². The normalized spacial score (nSPS) is 11.6. The van der Waals surface area contributed by atoms with Crippen LogP contribution in [0.25, 0.3) is 11.0 Å². The molecule has 2 rings (SSSR count). The molecule has 0 bridgehead atoms. The Morgan fingerprint density at radius 3 is 2.47 bits per heavy atom. The fraction of sp³-hybridized carbons (Fsp3) is 0.0909. The number of nitrogens with one attached hydrogen (secondary N) is 1. The zero-order valence-corrected chi connectivity index (χ0v) is 12.1. The molecule has 8 heteroatoms. The maximum absolute atomic E-state index is 11.9. The van der Waals surface area contributed by atoms with Crippen LogP contribution in [0.5, 0.6) is 0 Å². The van der Waals surface area contributed by atoms with Crippen molar-refractivity contribution in [1.29, 1.82) is 0 Å². The van der Waals surface area contributed by atoms with Gasteiger partial charge < -0.3 is 4.42 Å². The van der Waals surface area contributed by atoms with Gasteiger partial charge in [0.05, 0.1) is 5.39 Å². The van der Waals surface area contributed by atoms with E-state index in [9.17, 15) is 9.59 Å². The molecule has 0 atom stereocenters. The number of fused-ring (bicyclic) bond motifs is 1. The van der Waals surface area contributed by atoms with Gasteiger partial charge in [-0.2, -0.15) is 0 Å². The minimum Gasteiger partial charge on any atom is -0.438 e. The molecule has 0 spiro atoms. The molecule has 0 saturated heterocycles. The van der Waals surface area contributed by atoms with Crippen LogP contribution in [0, 0.1) is 0 Å². The maximum Gasteiger partial charge on any atom is 0.278 e. The van der Waals surface area contributed by atoms with Crippen molar-refractivity contribution in [3.8, 4) is 0 Å². The predicted molar refractivity (Wildman–Crippen MR) is 76.4 cm³/mol. The lowest BCUT2D eigenvalue weighted by atomic mass is 10.2. The molecule has 100 valence electrons. The van der Waals surface area contributed by atoms with Gasteiger partial charge in [-0.25, -0.2) is 0 Å². The maximum atomic E-state index is 11.9. The van der Waals surface area contributed by atoms with Crippen LogP contribution in [0.15, 0.2) is 33.5 Å². The third-order valence-corrected chi connectivity index (χ3v) is 3.09. The Bertz CT molecular complexity index is 705. The van der Waals surface area contributed by atoms with Crippen LogP contribution >= 0.6 is 46.4 Å². The number of amides is 1. The number of hydrogen-bond acceptors (Lipinski definition) is 3. The third kappa shape index (κ3) is 2.98. The zero-order valence-electron chi connectivity index (χ0n) is 9.05. The van der Waals surface area contributed by atoms with Crippen LogP contribution < -0.4 is 10.7 Å². The van der Waals surface area contributed by atoms with Gasteiger partial charge in [-0.05, 0) is 12.1 Å². The first-order valence-electron chi connectivity index (χ1n) is 4.90. The quantitative estimate of drug-likeness (QED) is 0.804. The van der Waals surface area contributed by atoms with E-state index in [4.69, 9.17) is 50.8 Å². The highest BCUT2D eigenvalue weighted by molar-refractivity contribution is 6.76. The molecule has 1 N–H and O–H groups in total. The first-order chi connectivity index (χ1) is 8.80. The molecule has 0 fully saturated rings. The standard InChI is InChI=1S/C11H5Cl4NO3/c12-7-8(17)5-3-1-2-4-6(5)19-9(7)16-10(18)11(13,14)15/h1-4H,(H,16,18). The third-order valence-electron chi connectivity index (χ3n) is 2.23. The highest BCUT2D eigenvalue weighted by atomic mass is 35.6. The predicted octanol–water partition coefficient (Wildman–Crippen LogP) is 3.76. The lowest BCUT2D eigenvalue weighted by Crippen LogP contribution is -2.27. The molecule has 0 radical (unpaired) electrons. The molecule has 1 amide bonds. The molecule has 0 aliphatic rings. The largest absolute Gasteiger partial charge is 0.438 e. The molecule has 0 saturated carbocycles. The topological polar surface area (TPSA) is 59.3 Å². The Balaban J connectivity index is 2.54. The number of alkyl halides is 3. The highest BCUT2D eigenvalue weighted by Gasteiger charge is 2.32. The molecule has 1 aromatic carbocycles. The summed E-state index contributed by atoms with van der Waals surface area (Å²) in [6.45, 7) is 0. The monoisotopic (exact) mass is 339 g/mol. The van der Waals surface area contributed by atoms with E-state index < -0.39 is 15.1 Å². The van der Waals surface area contributed by atoms with Crippen molar-refractivity contribution in [2.24, 2.45) is 0 Å². The fourth-order valence-electron chi connectivity index (χ4n) is 1.37. The SMILES string of the molecule is O=C(Nc1oc2ccccc2c(=O)c1Cl)C(Cl)(Cl)Cl. The van der Waals surface area contributed by atoms with Gasteiger partial charge in [0.15, 0.2) is 0 Å². The average Bonchev–Trinajstić information content (AvgIpc) is 2.34. The van der Waals surface area contributed by atoms with Gasteiger partial charge >= 0.3 is 0 Å². The molecule has 2 aromatic rings. The zero-order chi connectivity index (χ0) is 14.2. The Kier molecular flexibility index (Phi) is 3.97. The second kappa shape index (κ2) is 5.21. The number of halogens is 4. The van der Waals surface area contributed by atoms with Gasteiger partial charge in [0.2, 0.25) is 11.3 Å². The molecule has 1 aromatic heterocycles. The van der Waals surface area contributed by atoms with E-state index in [-0.39, 0.29) is 16.5 Å². The second-order valence-electron chi connectivity index (χ2n) is 3.52. The fourth-order valence-corrected chi connectivity index (χ4v) is 1.70. The van der Waals surface area contributed by atoms with Crippen LogP contribution in [0.2, 0.25) is 5.02 Å². The van der Waals surface area contributed by atoms with E-state index in [0.717, 1.165) is 0 Å². The Morgan fingerprint density at radius 1 is 1.21 bits per heavy atom. The van der Waals surface area contributed by atoms with Crippen molar-refractivity contribution in [2.75, 3.05) is 5.32 Å². The number of anilines is 1. The van der Waals surface area contributed by atoms with Crippen molar-refractivity contribution in [1.82, 2.24) is 0 Å². The lowest BCUT2D eigenvalue weighted by molar-refractivity contribution is -0.115. The van der Waals surface area contributed by atoms with E-state index in [1.54, 1.807) is 24.3 Å². The molecule has 0 aliphatic heterocycles. The summed E-state index contributed by atoms with van der Waals surface area (Å²) in [5.74, 6) is -1.24. The van der Waals surface area contributed by atoms with Crippen molar-refractivity contribution < 1.29 is 9.21 Å². The summed E-state index contributed by atoms with van der Waals surface area (Å²) in [5.41, 5.74) is -0.223. The summed E-state index contributed by atoms with van der Waals surface area (Å²) in [5, 5.41) is 2.15. The number of hydrogen-bond donors (Lipinski definition) is 1. The summed E-state index contributed by atoms with van der Waals surface area (Å²) < 4.78 is 3.11. The van der Waals surface area contributed by atoms with Gasteiger partial charge in [-0.15, -0.1) is 0 Å². The Morgan fingerprint density at radius 2 is 1.84 bits per heavy atom. The van der Waals surface area contributed by atoms with E-state index in [2.05, 4.69) is 5.32 Å².